The van der Waals surface area contributed by atoms with Gasteiger partial charge in [-0.05, 0) is 57.4 Å². The van der Waals surface area contributed by atoms with Crippen LogP contribution >= 0.6 is 0 Å². The fourth-order valence-electron chi connectivity index (χ4n) is 4.54. The molecule has 3 rings (SSSR count). The van der Waals surface area contributed by atoms with E-state index in [1.54, 1.807) is 0 Å². The molecule has 2 aliphatic heterocycles. The van der Waals surface area contributed by atoms with Crippen LogP contribution in [0.3, 0.4) is 0 Å². The number of ether oxygens (including phenoxy) is 1. The summed E-state index contributed by atoms with van der Waals surface area (Å²) in [5, 5.41) is 9.35. The van der Waals surface area contributed by atoms with Crippen LogP contribution in [0.1, 0.15) is 36.5 Å². The smallest absolute Gasteiger partial charge is 0.253 e. The molecule has 1 aromatic rings. The molecule has 2 saturated heterocycles. The minimum atomic E-state index is 0.0902. The van der Waals surface area contributed by atoms with Gasteiger partial charge in [-0.25, -0.2) is 0 Å². The van der Waals surface area contributed by atoms with Crippen molar-refractivity contribution < 1.29 is 14.6 Å². The van der Waals surface area contributed by atoms with Crippen molar-refractivity contribution in [3.05, 3.63) is 29.8 Å². The SMILES string of the molecule is CCOc1cccc(C(=O)N2CC[C@@H](N3CCN(C)CC3)[C@@H](CCCO)C2)c1. The van der Waals surface area contributed by atoms with E-state index in [0.29, 0.717) is 24.1 Å². The topological polar surface area (TPSA) is 56.2 Å². The molecular weight excluding hydrogens is 354 g/mol. The number of nitrogens with zero attached hydrogens (tertiary/aromatic N) is 3. The van der Waals surface area contributed by atoms with Crippen LogP contribution in [0.25, 0.3) is 0 Å². The van der Waals surface area contributed by atoms with Crippen LogP contribution < -0.4 is 4.74 Å². The summed E-state index contributed by atoms with van der Waals surface area (Å²) < 4.78 is 5.55. The van der Waals surface area contributed by atoms with Gasteiger partial charge in [0.05, 0.1) is 6.61 Å². The van der Waals surface area contributed by atoms with Gasteiger partial charge >= 0.3 is 0 Å². The number of carbonyl (C=O) groups is 1. The molecule has 6 nitrogen and oxygen atoms in total. The van der Waals surface area contributed by atoms with E-state index in [9.17, 15) is 9.90 Å². The molecule has 0 radical (unpaired) electrons. The van der Waals surface area contributed by atoms with Gasteiger partial charge in [0, 0.05) is 57.5 Å². The maximum absolute atomic E-state index is 13.1. The molecule has 0 bridgehead atoms. The zero-order chi connectivity index (χ0) is 19.9. The summed E-state index contributed by atoms with van der Waals surface area (Å²) in [5.41, 5.74) is 0.699. The van der Waals surface area contributed by atoms with Crippen LogP contribution in [-0.4, -0.2) is 91.3 Å². The van der Waals surface area contributed by atoms with Gasteiger partial charge in [0.15, 0.2) is 0 Å². The highest BCUT2D eigenvalue weighted by atomic mass is 16.5. The Balaban J connectivity index is 1.67. The maximum Gasteiger partial charge on any atom is 0.253 e. The van der Waals surface area contributed by atoms with Gasteiger partial charge in [-0.1, -0.05) is 6.07 Å². The molecule has 1 aromatic carbocycles. The van der Waals surface area contributed by atoms with E-state index in [0.717, 1.165) is 64.3 Å². The van der Waals surface area contributed by atoms with Crippen molar-refractivity contribution in [3.8, 4) is 5.75 Å². The van der Waals surface area contributed by atoms with Crippen molar-refractivity contribution in [2.45, 2.75) is 32.2 Å². The van der Waals surface area contributed by atoms with Gasteiger partial charge < -0.3 is 19.6 Å². The third-order valence-electron chi connectivity index (χ3n) is 6.11. The van der Waals surface area contributed by atoms with Gasteiger partial charge in [-0.15, -0.1) is 0 Å². The molecule has 0 unspecified atom stereocenters. The van der Waals surface area contributed by atoms with Crippen molar-refractivity contribution in [2.75, 3.05) is 59.5 Å². The lowest BCUT2D eigenvalue weighted by Gasteiger charge is -2.46. The lowest BCUT2D eigenvalue weighted by molar-refractivity contribution is 0.0217. The van der Waals surface area contributed by atoms with Crippen LogP contribution in [0.4, 0.5) is 0 Å². The van der Waals surface area contributed by atoms with E-state index in [1.165, 1.54) is 0 Å². The zero-order valence-corrected chi connectivity index (χ0v) is 17.3. The number of likely N-dealkylation sites (N-methyl/N-ethyl adjacent to an activating group) is 1. The standard InChI is InChI=1S/C22H35N3O3/c1-3-28-20-8-4-6-18(16-20)22(27)25-10-9-21(19(17-25)7-5-15-26)24-13-11-23(2)12-14-24/h4,6,8,16,19,21,26H,3,5,7,9-15,17H2,1-2H3/t19-,21+/m0/s1. The second kappa shape index (κ2) is 10.2. The highest BCUT2D eigenvalue weighted by molar-refractivity contribution is 5.94. The number of carbonyl (C=O) groups excluding carboxylic acids is 1. The molecule has 6 heteroatoms. The maximum atomic E-state index is 13.1. The van der Waals surface area contributed by atoms with Crippen LogP contribution in [-0.2, 0) is 0 Å². The van der Waals surface area contributed by atoms with Crippen LogP contribution in [0, 0.1) is 5.92 Å². The Morgan fingerprint density at radius 2 is 2.00 bits per heavy atom. The molecule has 2 atom stereocenters. The minimum absolute atomic E-state index is 0.0902. The summed E-state index contributed by atoms with van der Waals surface area (Å²) in [6.45, 7) is 8.74. The largest absolute Gasteiger partial charge is 0.494 e. The minimum Gasteiger partial charge on any atom is -0.494 e. The Morgan fingerprint density at radius 1 is 1.21 bits per heavy atom. The third kappa shape index (κ3) is 5.25. The fourth-order valence-corrected chi connectivity index (χ4v) is 4.54. The van der Waals surface area contributed by atoms with E-state index in [1.807, 2.05) is 36.1 Å². The Hall–Kier alpha value is -1.63. The summed E-state index contributed by atoms with van der Waals surface area (Å²) in [6.07, 6.45) is 2.78. The Labute approximate surface area is 169 Å². The van der Waals surface area contributed by atoms with Gasteiger partial charge in [0.25, 0.3) is 5.91 Å². The molecule has 1 amide bonds. The van der Waals surface area contributed by atoms with Crippen molar-refractivity contribution >= 4 is 5.91 Å². The van der Waals surface area contributed by atoms with Crippen molar-refractivity contribution in [1.82, 2.24) is 14.7 Å². The summed E-state index contributed by atoms with van der Waals surface area (Å²) >= 11 is 0. The lowest BCUT2D eigenvalue weighted by Crippen LogP contribution is -2.56. The molecule has 2 aliphatic rings. The second-order valence-electron chi connectivity index (χ2n) is 8.03. The number of hydrogen-bond acceptors (Lipinski definition) is 5. The Bertz CT molecular complexity index is 631. The number of aliphatic hydroxyl groups is 1. The van der Waals surface area contributed by atoms with Crippen molar-refractivity contribution in [3.63, 3.8) is 0 Å². The van der Waals surface area contributed by atoms with E-state index >= 15 is 0 Å². The number of amides is 1. The lowest BCUT2D eigenvalue weighted by atomic mass is 9.86. The molecule has 0 saturated carbocycles. The van der Waals surface area contributed by atoms with Gasteiger partial charge in [-0.2, -0.15) is 0 Å². The molecular formula is C22H35N3O3. The Morgan fingerprint density at radius 3 is 2.71 bits per heavy atom. The number of likely N-dealkylation sites (tertiary alicyclic amines) is 1. The van der Waals surface area contributed by atoms with E-state index in [4.69, 9.17) is 4.74 Å². The number of hydrogen-bond donors (Lipinski definition) is 1. The van der Waals surface area contributed by atoms with Crippen molar-refractivity contribution in [2.24, 2.45) is 5.92 Å². The second-order valence-corrected chi connectivity index (χ2v) is 8.03. The molecule has 28 heavy (non-hydrogen) atoms. The third-order valence-corrected chi connectivity index (χ3v) is 6.11. The first-order valence-corrected chi connectivity index (χ1v) is 10.7. The summed E-state index contributed by atoms with van der Waals surface area (Å²) in [6, 6.07) is 8.02. The number of rotatable bonds is 7. The van der Waals surface area contributed by atoms with Crippen LogP contribution in [0.5, 0.6) is 5.75 Å². The quantitative estimate of drug-likeness (QED) is 0.772. The average Bonchev–Trinajstić information content (AvgIpc) is 2.72. The van der Waals surface area contributed by atoms with E-state index in [2.05, 4.69) is 16.8 Å². The van der Waals surface area contributed by atoms with Crippen LogP contribution in [0.15, 0.2) is 24.3 Å². The first kappa shape index (κ1) is 21.1. The number of piperazine rings is 1. The summed E-state index contributed by atoms with van der Waals surface area (Å²) in [7, 11) is 2.18. The highest BCUT2D eigenvalue weighted by Gasteiger charge is 2.35. The average molecular weight is 390 g/mol. The molecule has 0 aromatic heterocycles. The summed E-state index contributed by atoms with van der Waals surface area (Å²) in [5.74, 6) is 1.26. The van der Waals surface area contributed by atoms with Crippen LogP contribution in [0.2, 0.25) is 0 Å². The molecule has 0 aliphatic carbocycles. The van der Waals surface area contributed by atoms with Gasteiger partial charge in [-0.3, -0.25) is 9.69 Å². The predicted octanol–water partition coefficient (Wildman–Crippen LogP) is 1.94. The number of piperidine rings is 1. The van der Waals surface area contributed by atoms with Gasteiger partial charge in [0.2, 0.25) is 0 Å². The molecule has 2 heterocycles. The number of aliphatic hydroxyl groups excluding tert-OH is 1. The fraction of sp³-hybridized carbons (Fsp3) is 0.682. The monoisotopic (exact) mass is 389 g/mol. The van der Waals surface area contributed by atoms with Crippen molar-refractivity contribution in [1.29, 1.82) is 0 Å². The highest BCUT2D eigenvalue weighted by Crippen LogP contribution is 2.28. The first-order chi connectivity index (χ1) is 13.6. The number of benzene rings is 1. The van der Waals surface area contributed by atoms with E-state index in [-0.39, 0.29) is 12.5 Å². The summed E-state index contributed by atoms with van der Waals surface area (Å²) in [4.78, 5) is 20.1. The molecule has 156 valence electrons. The molecule has 0 spiro atoms. The zero-order valence-electron chi connectivity index (χ0n) is 17.3. The van der Waals surface area contributed by atoms with Gasteiger partial charge in [0.1, 0.15) is 5.75 Å². The first-order valence-electron chi connectivity index (χ1n) is 10.7. The normalized spacial score (nSPS) is 24.3. The van der Waals surface area contributed by atoms with E-state index < -0.39 is 0 Å². The molecule has 2 fully saturated rings. The Kier molecular flexibility index (Phi) is 7.71. The predicted molar refractivity (Wildman–Crippen MR) is 111 cm³/mol. The molecule has 1 N–H and O–H groups in total.